The third-order valence-corrected chi connectivity index (χ3v) is 4.78. The zero-order chi connectivity index (χ0) is 22.6. The van der Waals surface area contributed by atoms with Crippen LogP contribution in [0.5, 0.6) is 0 Å². The second-order valence-corrected chi connectivity index (χ2v) is 6.94. The minimum absolute atomic E-state index is 0.0828. The van der Waals surface area contributed by atoms with E-state index in [9.17, 15) is 23.3 Å². The van der Waals surface area contributed by atoms with Gasteiger partial charge in [0.15, 0.2) is 0 Å². The highest BCUT2D eigenvalue weighted by molar-refractivity contribution is 5.63. The maximum absolute atomic E-state index is 13.4. The van der Waals surface area contributed by atoms with Gasteiger partial charge in [0.2, 0.25) is 5.95 Å². The lowest BCUT2D eigenvalue weighted by Gasteiger charge is -2.15. The summed E-state index contributed by atoms with van der Waals surface area (Å²) in [6, 6.07) is 12.5. The standard InChI is InChI=1S/C21H20F3N5O2/c1-3-13(2)14-4-6-15(7-5-14)26-19-18(21(22,23)24)12-25-20(28-19)27-16-8-10-17(11-9-16)29(30)31/h4-13H,3H2,1-2H3,(H2,25,26,27,28). The van der Waals surface area contributed by atoms with Crippen molar-refractivity contribution in [3.63, 3.8) is 0 Å². The van der Waals surface area contributed by atoms with Crippen LogP contribution in [0.4, 0.5) is 42.0 Å². The van der Waals surface area contributed by atoms with Crippen molar-refractivity contribution in [3.05, 3.63) is 76.0 Å². The molecule has 0 bridgehead atoms. The Bertz CT molecular complexity index is 1050. The number of benzene rings is 2. The van der Waals surface area contributed by atoms with Crippen molar-refractivity contribution in [2.75, 3.05) is 10.6 Å². The minimum Gasteiger partial charge on any atom is -0.340 e. The van der Waals surface area contributed by atoms with Crippen LogP contribution in [0, 0.1) is 10.1 Å². The first-order valence-corrected chi connectivity index (χ1v) is 9.50. The van der Waals surface area contributed by atoms with Crippen LogP contribution in [0.15, 0.2) is 54.7 Å². The molecular weight excluding hydrogens is 411 g/mol. The van der Waals surface area contributed by atoms with Crippen molar-refractivity contribution in [2.45, 2.75) is 32.4 Å². The number of nitrogens with one attached hydrogen (secondary N) is 2. The summed E-state index contributed by atoms with van der Waals surface area (Å²) >= 11 is 0. The fourth-order valence-electron chi connectivity index (χ4n) is 2.81. The molecule has 162 valence electrons. The monoisotopic (exact) mass is 431 g/mol. The molecule has 1 unspecified atom stereocenters. The first-order valence-electron chi connectivity index (χ1n) is 9.50. The molecule has 0 amide bonds. The van der Waals surface area contributed by atoms with Gasteiger partial charge in [-0.25, -0.2) is 4.98 Å². The minimum atomic E-state index is -4.65. The number of nitro benzene ring substituents is 1. The van der Waals surface area contributed by atoms with Gasteiger partial charge in [-0.05, 0) is 42.2 Å². The number of hydrogen-bond donors (Lipinski definition) is 2. The molecular formula is C21H20F3N5O2. The third kappa shape index (κ3) is 5.47. The lowest BCUT2D eigenvalue weighted by Crippen LogP contribution is -2.12. The van der Waals surface area contributed by atoms with Gasteiger partial charge in [-0.3, -0.25) is 10.1 Å². The van der Waals surface area contributed by atoms with Gasteiger partial charge in [-0.15, -0.1) is 0 Å². The molecule has 3 rings (SSSR count). The summed E-state index contributed by atoms with van der Waals surface area (Å²) in [5, 5.41) is 16.2. The Kier molecular flexibility index (Phi) is 6.38. The van der Waals surface area contributed by atoms with Gasteiger partial charge in [0.1, 0.15) is 11.4 Å². The van der Waals surface area contributed by atoms with Crippen LogP contribution in [-0.2, 0) is 6.18 Å². The van der Waals surface area contributed by atoms with Gasteiger partial charge >= 0.3 is 6.18 Å². The number of halogens is 3. The van der Waals surface area contributed by atoms with Crippen molar-refractivity contribution in [3.8, 4) is 0 Å². The summed E-state index contributed by atoms with van der Waals surface area (Å²) in [5.74, 6) is -0.139. The first kappa shape index (κ1) is 22.0. The fourth-order valence-corrected chi connectivity index (χ4v) is 2.81. The lowest BCUT2D eigenvalue weighted by atomic mass is 9.99. The number of hydrogen-bond acceptors (Lipinski definition) is 6. The van der Waals surface area contributed by atoms with E-state index in [0.717, 1.165) is 12.0 Å². The predicted molar refractivity (Wildman–Crippen MR) is 112 cm³/mol. The molecule has 31 heavy (non-hydrogen) atoms. The first-order chi connectivity index (χ1) is 14.7. The van der Waals surface area contributed by atoms with Crippen LogP contribution < -0.4 is 10.6 Å². The van der Waals surface area contributed by atoms with Crippen molar-refractivity contribution in [1.29, 1.82) is 0 Å². The van der Waals surface area contributed by atoms with Gasteiger partial charge in [0.05, 0.1) is 4.92 Å². The smallest absolute Gasteiger partial charge is 0.340 e. The molecule has 0 aliphatic heterocycles. The molecule has 7 nitrogen and oxygen atoms in total. The molecule has 0 saturated heterocycles. The fraction of sp³-hybridized carbons (Fsp3) is 0.238. The quantitative estimate of drug-likeness (QED) is 0.332. The summed E-state index contributed by atoms with van der Waals surface area (Å²) in [6.07, 6.45) is -3.00. The van der Waals surface area contributed by atoms with Crippen LogP contribution in [-0.4, -0.2) is 14.9 Å². The summed E-state index contributed by atoms with van der Waals surface area (Å²) in [4.78, 5) is 17.9. The van der Waals surface area contributed by atoms with E-state index in [1.54, 1.807) is 12.1 Å². The van der Waals surface area contributed by atoms with E-state index < -0.39 is 22.5 Å². The van der Waals surface area contributed by atoms with Gasteiger partial charge in [-0.1, -0.05) is 26.0 Å². The molecule has 0 aliphatic rings. The molecule has 3 aromatic rings. The molecule has 0 saturated carbocycles. The number of anilines is 4. The Labute approximate surface area is 176 Å². The molecule has 10 heteroatoms. The second kappa shape index (κ2) is 8.99. The van der Waals surface area contributed by atoms with Gasteiger partial charge < -0.3 is 10.6 Å². The van der Waals surface area contributed by atoms with E-state index in [4.69, 9.17) is 0 Å². The Morgan fingerprint density at radius 1 is 1.03 bits per heavy atom. The number of aromatic nitrogens is 2. The molecule has 0 aliphatic carbocycles. The lowest BCUT2D eigenvalue weighted by molar-refractivity contribution is -0.384. The number of nitro groups is 1. The van der Waals surface area contributed by atoms with Crippen LogP contribution in [0.1, 0.15) is 37.3 Å². The van der Waals surface area contributed by atoms with Crippen LogP contribution >= 0.6 is 0 Å². The number of non-ortho nitro benzene ring substituents is 1. The summed E-state index contributed by atoms with van der Waals surface area (Å²) < 4.78 is 40.3. The third-order valence-electron chi connectivity index (χ3n) is 4.78. The van der Waals surface area contributed by atoms with Crippen molar-refractivity contribution >= 4 is 28.8 Å². The topological polar surface area (TPSA) is 93.0 Å². The maximum Gasteiger partial charge on any atom is 0.421 e. The van der Waals surface area contributed by atoms with Gasteiger partial charge in [0, 0.05) is 29.7 Å². The Balaban J connectivity index is 1.87. The number of alkyl halides is 3. The van der Waals surface area contributed by atoms with E-state index in [1.165, 1.54) is 24.3 Å². The molecule has 0 radical (unpaired) electrons. The Hall–Kier alpha value is -3.69. The summed E-state index contributed by atoms with van der Waals surface area (Å²) in [6.45, 7) is 4.14. The Morgan fingerprint density at radius 3 is 2.16 bits per heavy atom. The molecule has 1 heterocycles. The number of rotatable bonds is 7. The normalized spacial score (nSPS) is 12.3. The highest BCUT2D eigenvalue weighted by Crippen LogP contribution is 2.35. The molecule has 2 aromatic carbocycles. The van der Waals surface area contributed by atoms with E-state index in [-0.39, 0.29) is 11.6 Å². The van der Waals surface area contributed by atoms with Gasteiger partial charge in [-0.2, -0.15) is 18.2 Å². The summed E-state index contributed by atoms with van der Waals surface area (Å²) in [7, 11) is 0. The van der Waals surface area contributed by atoms with Crippen molar-refractivity contribution in [2.24, 2.45) is 0 Å². The van der Waals surface area contributed by atoms with Crippen LogP contribution in [0.3, 0.4) is 0 Å². The Morgan fingerprint density at radius 2 is 1.61 bits per heavy atom. The second-order valence-electron chi connectivity index (χ2n) is 6.94. The highest BCUT2D eigenvalue weighted by atomic mass is 19.4. The van der Waals surface area contributed by atoms with Crippen molar-refractivity contribution in [1.82, 2.24) is 9.97 Å². The molecule has 1 aromatic heterocycles. The largest absolute Gasteiger partial charge is 0.421 e. The molecule has 0 fully saturated rings. The van der Waals surface area contributed by atoms with E-state index >= 15 is 0 Å². The molecule has 2 N–H and O–H groups in total. The average molecular weight is 431 g/mol. The molecule has 1 atom stereocenters. The number of nitrogens with zero attached hydrogens (tertiary/aromatic N) is 3. The van der Waals surface area contributed by atoms with E-state index in [1.807, 2.05) is 12.1 Å². The van der Waals surface area contributed by atoms with Crippen LogP contribution in [0.25, 0.3) is 0 Å². The maximum atomic E-state index is 13.4. The zero-order valence-electron chi connectivity index (χ0n) is 16.8. The van der Waals surface area contributed by atoms with Crippen LogP contribution in [0.2, 0.25) is 0 Å². The molecule has 0 spiro atoms. The SMILES string of the molecule is CCC(C)c1ccc(Nc2nc(Nc3ccc([N+](=O)[O-])cc3)ncc2C(F)(F)F)cc1. The zero-order valence-corrected chi connectivity index (χ0v) is 16.8. The average Bonchev–Trinajstić information content (AvgIpc) is 2.73. The predicted octanol–water partition coefficient (Wildman–Crippen LogP) is 6.40. The van der Waals surface area contributed by atoms with Crippen molar-refractivity contribution < 1.29 is 18.1 Å². The van der Waals surface area contributed by atoms with E-state index in [2.05, 4.69) is 34.4 Å². The highest BCUT2D eigenvalue weighted by Gasteiger charge is 2.35. The van der Waals surface area contributed by atoms with Gasteiger partial charge in [0.25, 0.3) is 5.69 Å². The van der Waals surface area contributed by atoms with E-state index in [0.29, 0.717) is 23.5 Å². The summed E-state index contributed by atoms with van der Waals surface area (Å²) in [5.41, 5.74) is 0.828.